The van der Waals surface area contributed by atoms with Gasteiger partial charge in [0.2, 0.25) is 11.8 Å². The highest BCUT2D eigenvalue weighted by molar-refractivity contribution is 9.10. The van der Waals surface area contributed by atoms with Crippen LogP contribution in [0.3, 0.4) is 0 Å². The number of esters is 2. The van der Waals surface area contributed by atoms with Crippen molar-refractivity contribution >= 4 is 51.1 Å². The molecule has 0 aliphatic carbocycles. The SMILES string of the molecule is CC(=O)OC(OC(C)=O)[C@]12C=C[C@H](O1)[C@@H]1C(=O)N(c3ccc([N+](=O)[O-])cc3Br)C(=O)[C@@H]12. The predicted octanol–water partition coefficient (Wildman–Crippen LogP) is 1.62. The van der Waals surface area contributed by atoms with Crippen LogP contribution in [0.2, 0.25) is 0 Å². The molecule has 0 aromatic heterocycles. The summed E-state index contributed by atoms with van der Waals surface area (Å²) < 4.78 is 16.3. The first-order valence-electron chi connectivity index (χ1n) is 9.10. The van der Waals surface area contributed by atoms with Crippen molar-refractivity contribution in [1.82, 2.24) is 0 Å². The van der Waals surface area contributed by atoms with Crippen LogP contribution in [0.25, 0.3) is 0 Å². The van der Waals surface area contributed by atoms with Crippen LogP contribution in [0, 0.1) is 22.0 Å². The maximum atomic E-state index is 13.4. The van der Waals surface area contributed by atoms with Gasteiger partial charge >= 0.3 is 11.9 Å². The topological polar surface area (TPSA) is 142 Å². The lowest BCUT2D eigenvalue weighted by atomic mass is 9.76. The van der Waals surface area contributed by atoms with Crippen molar-refractivity contribution in [2.75, 3.05) is 4.90 Å². The monoisotopic (exact) mass is 494 g/mol. The highest BCUT2D eigenvalue weighted by Gasteiger charge is 2.72. The number of hydrogen-bond donors (Lipinski definition) is 0. The van der Waals surface area contributed by atoms with Crippen molar-refractivity contribution in [3.63, 3.8) is 0 Å². The number of nitro benzene ring substituents is 1. The Kier molecular flexibility index (Phi) is 4.93. The highest BCUT2D eigenvalue weighted by atomic mass is 79.9. The first-order valence-corrected chi connectivity index (χ1v) is 9.89. The molecular weight excluding hydrogens is 480 g/mol. The molecular formula is C19H15BrN2O9. The molecule has 3 aliphatic rings. The second-order valence-electron chi connectivity index (χ2n) is 7.25. The van der Waals surface area contributed by atoms with E-state index in [0.717, 1.165) is 18.7 Å². The van der Waals surface area contributed by atoms with Gasteiger partial charge in [-0.3, -0.25) is 29.3 Å². The van der Waals surface area contributed by atoms with E-state index < -0.39 is 58.5 Å². The summed E-state index contributed by atoms with van der Waals surface area (Å²) in [6, 6.07) is 3.65. The minimum absolute atomic E-state index is 0.126. The van der Waals surface area contributed by atoms with Crippen molar-refractivity contribution in [1.29, 1.82) is 0 Å². The number of anilines is 1. The first kappa shape index (κ1) is 21.1. The van der Waals surface area contributed by atoms with Gasteiger partial charge in [-0.1, -0.05) is 6.08 Å². The van der Waals surface area contributed by atoms with Crippen LogP contribution in [-0.2, 0) is 33.4 Å². The van der Waals surface area contributed by atoms with E-state index >= 15 is 0 Å². The van der Waals surface area contributed by atoms with Crippen LogP contribution in [0.1, 0.15) is 13.8 Å². The van der Waals surface area contributed by atoms with Gasteiger partial charge in [-0.2, -0.15) is 0 Å². The van der Waals surface area contributed by atoms with E-state index in [4.69, 9.17) is 14.2 Å². The standard InChI is InChI=1S/C19H15BrN2O9/c1-8(23)29-18(30-9(2)24)19-6-5-13(31-19)14-15(19)17(26)21(16(14)25)12-4-3-10(22(27)28)7-11(12)20/h3-7,13-15,18H,1-2H3/t13-,14-,15+,19+/m0/s1. The minimum atomic E-state index is -1.67. The van der Waals surface area contributed by atoms with Crippen LogP contribution in [-0.4, -0.2) is 46.7 Å². The number of ether oxygens (including phenoxy) is 3. The Morgan fingerprint density at radius 3 is 2.42 bits per heavy atom. The quantitative estimate of drug-likeness (QED) is 0.149. The molecule has 1 aromatic carbocycles. The molecule has 0 unspecified atom stereocenters. The van der Waals surface area contributed by atoms with Crippen LogP contribution in [0.4, 0.5) is 11.4 Å². The first-order chi connectivity index (χ1) is 14.6. The number of carbonyl (C=O) groups is 4. The summed E-state index contributed by atoms with van der Waals surface area (Å²) in [7, 11) is 0. The van der Waals surface area contributed by atoms with Gasteiger partial charge in [0.1, 0.15) is 0 Å². The molecule has 2 saturated heterocycles. The Morgan fingerprint density at radius 1 is 1.23 bits per heavy atom. The summed E-state index contributed by atoms with van der Waals surface area (Å²) >= 11 is 3.18. The van der Waals surface area contributed by atoms with E-state index in [1.54, 1.807) is 6.08 Å². The largest absolute Gasteiger partial charge is 0.422 e. The summed E-state index contributed by atoms with van der Waals surface area (Å²) in [6.45, 7) is 2.22. The maximum Gasteiger partial charge on any atom is 0.305 e. The second kappa shape index (κ2) is 7.24. The third-order valence-corrected chi connectivity index (χ3v) is 6.01. The number of rotatable bonds is 5. The number of amides is 2. The number of hydrogen-bond acceptors (Lipinski definition) is 9. The van der Waals surface area contributed by atoms with Gasteiger partial charge in [0.05, 0.1) is 28.6 Å². The fourth-order valence-corrected chi connectivity index (χ4v) is 4.79. The number of nitro groups is 1. The van der Waals surface area contributed by atoms with Gasteiger partial charge < -0.3 is 14.2 Å². The molecule has 2 amide bonds. The molecule has 4 rings (SSSR count). The number of carbonyl (C=O) groups excluding carboxylic acids is 4. The molecule has 2 fully saturated rings. The molecule has 3 aliphatic heterocycles. The van der Waals surface area contributed by atoms with Crippen molar-refractivity contribution in [2.24, 2.45) is 11.8 Å². The number of benzene rings is 1. The summed E-state index contributed by atoms with van der Waals surface area (Å²) in [5.74, 6) is -4.84. The summed E-state index contributed by atoms with van der Waals surface area (Å²) in [5.41, 5.74) is -1.76. The van der Waals surface area contributed by atoms with Gasteiger partial charge in [0.15, 0.2) is 5.60 Å². The van der Waals surface area contributed by atoms with E-state index in [1.165, 1.54) is 24.3 Å². The highest BCUT2D eigenvalue weighted by Crippen LogP contribution is 2.55. The van der Waals surface area contributed by atoms with Gasteiger partial charge in [0.25, 0.3) is 12.0 Å². The fourth-order valence-electron chi connectivity index (χ4n) is 4.24. The van der Waals surface area contributed by atoms with Gasteiger partial charge in [-0.05, 0) is 28.1 Å². The van der Waals surface area contributed by atoms with Gasteiger partial charge in [-0.25, -0.2) is 4.90 Å². The average molecular weight is 495 g/mol. The van der Waals surface area contributed by atoms with E-state index in [2.05, 4.69) is 15.9 Å². The smallest absolute Gasteiger partial charge is 0.305 e. The molecule has 3 heterocycles. The Balaban J connectivity index is 1.75. The number of nitrogens with zero attached hydrogens (tertiary/aromatic N) is 2. The third kappa shape index (κ3) is 3.13. The summed E-state index contributed by atoms with van der Waals surface area (Å²) in [6.07, 6.45) is 0.656. The molecule has 4 atom stereocenters. The zero-order valence-corrected chi connectivity index (χ0v) is 17.7. The summed E-state index contributed by atoms with van der Waals surface area (Å²) in [4.78, 5) is 61.1. The number of fused-ring (bicyclic) bond motifs is 5. The predicted molar refractivity (Wildman–Crippen MR) is 104 cm³/mol. The van der Waals surface area contributed by atoms with Gasteiger partial charge in [-0.15, -0.1) is 0 Å². The van der Waals surface area contributed by atoms with E-state index in [0.29, 0.717) is 0 Å². The molecule has 0 radical (unpaired) electrons. The van der Waals surface area contributed by atoms with Crippen molar-refractivity contribution < 1.29 is 38.3 Å². The molecule has 2 bridgehead atoms. The van der Waals surface area contributed by atoms with Crippen molar-refractivity contribution in [2.45, 2.75) is 31.8 Å². The fraction of sp³-hybridized carbons (Fsp3) is 0.368. The zero-order valence-electron chi connectivity index (χ0n) is 16.1. The molecule has 31 heavy (non-hydrogen) atoms. The van der Waals surface area contributed by atoms with E-state index in [9.17, 15) is 29.3 Å². The Hall–Kier alpha value is -3.12. The Morgan fingerprint density at radius 2 is 1.87 bits per heavy atom. The normalized spacial score (nSPS) is 28.3. The number of imide groups is 1. The molecule has 11 nitrogen and oxygen atoms in total. The zero-order chi connectivity index (χ0) is 22.7. The molecule has 12 heteroatoms. The van der Waals surface area contributed by atoms with Crippen LogP contribution in [0.15, 0.2) is 34.8 Å². The lowest BCUT2D eigenvalue weighted by Crippen LogP contribution is -2.52. The van der Waals surface area contributed by atoms with E-state index in [-0.39, 0.29) is 15.8 Å². The maximum absolute atomic E-state index is 13.4. The Labute approximate surface area is 183 Å². The summed E-state index contributed by atoms with van der Waals surface area (Å²) in [5, 5.41) is 11.0. The molecule has 0 saturated carbocycles. The lowest BCUT2D eigenvalue weighted by molar-refractivity contribution is -0.384. The molecule has 1 aromatic rings. The number of non-ortho nitro benzene ring substituents is 1. The van der Waals surface area contributed by atoms with E-state index in [1.807, 2.05) is 0 Å². The average Bonchev–Trinajstić information content (AvgIpc) is 3.32. The van der Waals surface area contributed by atoms with Crippen LogP contribution < -0.4 is 4.90 Å². The Bertz CT molecular complexity index is 1050. The number of halogens is 1. The molecule has 162 valence electrons. The minimum Gasteiger partial charge on any atom is -0.422 e. The third-order valence-electron chi connectivity index (χ3n) is 5.38. The van der Waals surface area contributed by atoms with Gasteiger partial charge in [0, 0.05) is 30.5 Å². The van der Waals surface area contributed by atoms with Crippen LogP contribution >= 0.6 is 15.9 Å². The lowest BCUT2D eigenvalue weighted by Gasteiger charge is -2.34. The van der Waals surface area contributed by atoms with Crippen molar-refractivity contribution in [3.05, 3.63) is 44.9 Å². The van der Waals surface area contributed by atoms with Crippen molar-refractivity contribution in [3.8, 4) is 0 Å². The molecule has 0 spiro atoms. The second-order valence-corrected chi connectivity index (χ2v) is 8.11. The van der Waals surface area contributed by atoms with Crippen LogP contribution in [0.5, 0.6) is 0 Å². The molecule has 0 N–H and O–H groups in total.